The third kappa shape index (κ3) is 2.19. The molecule has 0 saturated heterocycles. The fraction of sp³-hybridized carbons (Fsp3) is 0.154. The summed E-state index contributed by atoms with van der Waals surface area (Å²) in [6.45, 7) is 2.04. The SMILES string of the molecule is Cc1ccc(C=Nc2ccc(F)cc2)n1C. The van der Waals surface area contributed by atoms with Gasteiger partial charge >= 0.3 is 0 Å². The molecule has 16 heavy (non-hydrogen) atoms. The topological polar surface area (TPSA) is 17.3 Å². The van der Waals surface area contributed by atoms with Gasteiger partial charge in [0.1, 0.15) is 5.82 Å². The van der Waals surface area contributed by atoms with Gasteiger partial charge in [-0.1, -0.05) is 0 Å². The Balaban J connectivity index is 2.21. The van der Waals surface area contributed by atoms with Gasteiger partial charge in [0.05, 0.1) is 17.6 Å². The number of halogens is 1. The second-order valence-corrected chi connectivity index (χ2v) is 3.69. The molecule has 2 rings (SSSR count). The minimum atomic E-state index is -0.242. The zero-order chi connectivity index (χ0) is 11.5. The lowest BCUT2D eigenvalue weighted by Crippen LogP contribution is -1.96. The molecule has 82 valence electrons. The molecule has 0 fully saturated rings. The Kier molecular flexibility index (Phi) is 2.86. The van der Waals surface area contributed by atoms with E-state index in [4.69, 9.17) is 0 Å². The molecule has 0 atom stereocenters. The van der Waals surface area contributed by atoms with Crippen LogP contribution < -0.4 is 0 Å². The lowest BCUT2D eigenvalue weighted by Gasteiger charge is -1.99. The predicted molar refractivity (Wildman–Crippen MR) is 63.8 cm³/mol. The van der Waals surface area contributed by atoms with E-state index in [2.05, 4.69) is 4.99 Å². The van der Waals surface area contributed by atoms with Crippen LogP contribution in [0.3, 0.4) is 0 Å². The Morgan fingerprint density at radius 1 is 1.12 bits per heavy atom. The first-order valence-electron chi connectivity index (χ1n) is 5.09. The van der Waals surface area contributed by atoms with Crippen LogP contribution in [0.2, 0.25) is 0 Å². The number of benzene rings is 1. The number of rotatable bonds is 2. The largest absolute Gasteiger partial charge is 0.347 e. The van der Waals surface area contributed by atoms with Crippen molar-refractivity contribution in [3.63, 3.8) is 0 Å². The average Bonchev–Trinajstić information content (AvgIpc) is 2.60. The maximum atomic E-state index is 12.7. The van der Waals surface area contributed by atoms with Crippen LogP contribution in [-0.2, 0) is 7.05 Å². The number of aromatic nitrogens is 1. The van der Waals surface area contributed by atoms with Crippen LogP contribution in [0.1, 0.15) is 11.4 Å². The summed E-state index contributed by atoms with van der Waals surface area (Å²) >= 11 is 0. The van der Waals surface area contributed by atoms with Gasteiger partial charge in [-0.15, -0.1) is 0 Å². The summed E-state index contributed by atoms with van der Waals surface area (Å²) in [5.74, 6) is -0.242. The van der Waals surface area contributed by atoms with Gasteiger partial charge < -0.3 is 4.57 Å². The molecule has 3 heteroatoms. The van der Waals surface area contributed by atoms with Crippen molar-refractivity contribution in [1.29, 1.82) is 0 Å². The van der Waals surface area contributed by atoms with Crippen LogP contribution >= 0.6 is 0 Å². The van der Waals surface area contributed by atoms with Gasteiger partial charge in [-0.05, 0) is 43.3 Å². The minimum absolute atomic E-state index is 0.242. The third-order valence-corrected chi connectivity index (χ3v) is 2.58. The van der Waals surface area contributed by atoms with Crippen LogP contribution in [0.5, 0.6) is 0 Å². The molecule has 1 aromatic carbocycles. The summed E-state index contributed by atoms with van der Waals surface area (Å²) in [5, 5.41) is 0. The van der Waals surface area contributed by atoms with Crippen LogP contribution in [0.15, 0.2) is 41.4 Å². The van der Waals surface area contributed by atoms with Crippen LogP contribution in [0.4, 0.5) is 10.1 Å². The quantitative estimate of drug-likeness (QED) is 0.686. The van der Waals surface area contributed by atoms with Gasteiger partial charge in [-0.3, -0.25) is 4.99 Å². The molecule has 0 aliphatic carbocycles. The van der Waals surface area contributed by atoms with E-state index in [1.54, 1.807) is 18.3 Å². The van der Waals surface area contributed by atoms with Gasteiger partial charge in [0, 0.05) is 12.7 Å². The van der Waals surface area contributed by atoms with Crippen LogP contribution in [0.25, 0.3) is 0 Å². The zero-order valence-corrected chi connectivity index (χ0v) is 9.31. The van der Waals surface area contributed by atoms with Crippen molar-refractivity contribution in [2.45, 2.75) is 6.92 Å². The summed E-state index contributed by atoms with van der Waals surface area (Å²) in [6, 6.07) is 10.2. The van der Waals surface area contributed by atoms with Gasteiger partial charge in [0.25, 0.3) is 0 Å². The van der Waals surface area contributed by atoms with Crippen molar-refractivity contribution < 1.29 is 4.39 Å². The van der Waals surface area contributed by atoms with Crippen molar-refractivity contribution in [2.24, 2.45) is 12.0 Å². The van der Waals surface area contributed by atoms with Crippen LogP contribution in [-0.4, -0.2) is 10.8 Å². The molecule has 1 heterocycles. The Bertz CT molecular complexity index is 509. The molecule has 0 spiro atoms. The molecule has 0 amide bonds. The summed E-state index contributed by atoms with van der Waals surface area (Å²) in [6.07, 6.45) is 1.78. The maximum absolute atomic E-state index is 12.7. The highest BCUT2D eigenvalue weighted by Gasteiger charge is 1.97. The van der Waals surface area contributed by atoms with E-state index in [-0.39, 0.29) is 5.82 Å². The summed E-state index contributed by atoms with van der Waals surface area (Å²) in [7, 11) is 1.99. The maximum Gasteiger partial charge on any atom is 0.123 e. The predicted octanol–water partition coefficient (Wildman–Crippen LogP) is 3.22. The first-order chi connectivity index (χ1) is 7.66. The minimum Gasteiger partial charge on any atom is -0.347 e. The first kappa shape index (κ1) is 10.6. The lowest BCUT2D eigenvalue weighted by molar-refractivity contribution is 0.628. The van der Waals surface area contributed by atoms with Crippen molar-refractivity contribution >= 4 is 11.9 Å². The van der Waals surface area contributed by atoms with Crippen molar-refractivity contribution in [2.75, 3.05) is 0 Å². The average molecular weight is 216 g/mol. The summed E-state index contributed by atoms with van der Waals surface area (Å²) in [5.41, 5.74) is 2.96. The molecule has 0 saturated carbocycles. The van der Waals surface area contributed by atoms with Gasteiger partial charge in [-0.2, -0.15) is 0 Å². The number of aliphatic imine (C=N–C) groups is 1. The third-order valence-electron chi connectivity index (χ3n) is 2.58. The van der Waals surface area contributed by atoms with E-state index in [0.717, 1.165) is 11.4 Å². The Morgan fingerprint density at radius 2 is 1.81 bits per heavy atom. The molecular formula is C13H13FN2. The standard InChI is InChI=1S/C13H13FN2/c1-10-3-8-13(16(10)2)9-15-12-6-4-11(14)5-7-12/h3-9H,1-2H3. The molecule has 0 radical (unpaired) electrons. The number of hydrogen-bond donors (Lipinski definition) is 0. The second-order valence-electron chi connectivity index (χ2n) is 3.69. The smallest absolute Gasteiger partial charge is 0.123 e. The molecule has 0 aliphatic heterocycles. The molecule has 0 aliphatic rings. The molecule has 2 nitrogen and oxygen atoms in total. The number of nitrogens with zero attached hydrogens (tertiary/aromatic N) is 2. The van der Waals surface area contributed by atoms with E-state index < -0.39 is 0 Å². The van der Waals surface area contributed by atoms with E-state index in [0.29, 0.717) is 0 Å². The molecule has 0 unspecified atom stereocenters. The molecule has 0 N–H and O–H groups in total. The van der Waals surface area contributed by atoms with Crippen molar-refractivity contribution in [3.8, 4) is 0 Å². The highest BCUT2D eigenvalue weighted by atomic mass is 19.1. The fourth-order valence-corrected chi connectivity index (χ4v) is 1.43. The molecule has 1 aromatic heterocycles. The molecule has 0 bridgehead atoms. The van der Waals surface area contributed by atoms with Crippen LogP contribution in [0, 0.1) is 12.7 Å². The molecule has 2 aromatic rings. The van der Waals surface area contributed by atoms with E-state index in [1.807, 2.05) is 30.7 Å². The number of aryl methyl sites for hydroxylation is 1. The normalized spacial score (nSPS) is 11.2. The van der Waals surface area contributed by atoms with Gasteiger partial charge in [0.2, 0.25) is 0 Å². The molecular weight excluding hydrogens is 203 g/mol. The Labute approximate surface area is 94.1 Å². The highest BCUT2D eigenvalue weighted by molar-refractivity contribution is 5.80. The first-order valence-corrected chi connectivity index (χ1v) is 5.09. The number of hydrogen-bond acceptors (Lipinski definition) is 1. The van der Waals surface area contributed by atoms with E-state index >= 15 is 0 Å². The second kappa shape index (κ2) is 4.31. The monoisotopic (exact) mass is 216 g/mol. The van der Waals surface area contributed by atoms with E-state index in [1.165, 1.54) is 17.8 Å². The summed E-state index contributed by atoms with van der Waals surface area (Å²) < 4.78 is 14.7. The highest BCUT2D eigenvalue weighted by Crippen LogP contribution is 2.12. The zero-order valence-electron chi connectivity index (χ0n) is 9.31. The summed E-state index contributed by atoms with van der Waals surface area (Å²) in [4.78, 5) is 4.28. The van der Waals surface area contributed by atoms with Gasteiger partial charge in [0.15, 0.2) is 0 Å². The van der Waals surface area contributed by atoms with Gasteiger partial charge in [-0.25, -0.2) is 4.39 Å². The Hall–Kier alpha value is -1.90. The fourth-order valence-electron chi connectivity index (χ4n) is 1.43. The van der Waals surface area contributed by atoms with Crippen molar-refractivity contribution in [3.05, 3.63) is 53.6 Å². The van der Waals surface area contributed by atoms with E-state index in [9.17, 15) is 4.39 Å². The van der Waals surface area contributed by atoms with Crippen molar-refractivity contribution in [1.82, 2.24) is 4.57 Å². The lowest BCUT2D eigenvalue weighted by atomic mass is 10.3. The Morgan fingerprint density at radius 3 is 2.38 bits per heavy atom.